The smallest absolute Gasteiger partial charge is 0.340 e. The molecule has 5 nitrogen and oxygen atoms in total. The van der Waals surface area contributed by atoms with E-state index in [1.807, 2.05) is 29.2 Å². The number of nitrogens with zero attached hydrogens (tertiary/aromatic N) is 1. The maximum absolute atomic E-state index is 13.3. The summed E-state index contributed by atoms with van der Waals surface area (Å²) in [6.45, 7) is 7.26. The van der Waals surface area contributed by atoms with Gasteiger partial charge in [-0.15, -0.1) is 0 Å². The van der Waals surface area contributed by atoms with Gasteiger partial charge in [-0.3, -0.25) is 4.79 Å². The van der Waals surface area contributed by atoms with Crippen molar-refractivity contribution in [3.63, 3.8) is 0 Å². The van der Waals surface area contributed by atoms with E-state index in [-0.39, 0.29) is 12.0 Å². The third kappa shape index (κ3) is 5.51. The van der Waals surface area contributed by atoms with Gasteiger partial charge in [-0.05, 0) is 58.7 Å². The highest BCUT2D eigenvalue weighted by molar-refractivity contribution is 6.30. The van der Waals surface area contributed by atoms with E-state index in [1.165, 1.54) is 5.56 Å². The molecule has 0 fully saturated rings. The average Bonchev–Trinajstić information content (AvgIpc) is 2.83. The van der Waals surface area contributed by atoms with E-state index in [4.69, 9.17) is 22.1 Å². The maximum atomic E-state index is 13.3. The Morgan fingerprint density at radius 3 is 2.34 bits per heavy atom. The van der Waals surface area contributed by atoms with Crippen LogP contribution in [-0.2, 0) is 28.0 Å². The minimum Gasteiger partial charge on any atom is -0.457 e. The molecule has 1 amide bonds. The molecule has 1 atom stereocenters. The summed E-state index contributed by atoms with van der Waals surface area (Å²) in [5.74, 6) is -0.907. The molecule has 0 bridgehead atoms. The van der Waals surface area contributed by atoms with E-state index < -0.39 is 17.9 Å². The third-order valence-electron chi connectivity index (χ3n) is 6.43. The molecular formula is C29H31ClN2O3. The van der Waals surface area contributed by atoms with Gasteiger partial charge in [0, 0.05) is 11.6 Å². The fourth-order valence-electron chi connectivity index (χ4n) is 4.58. The summed E-state index contributed by atoms with van der Waals surface area (Å²) in [5.41, 5.74) is 11.0. The van der Waals surface area contributed by atoms with Gasteiger partial charge >= 0.3 is 5.97 Å². The second-order valence-electron chi connectivity index (χ2n) is 9.99. The predicted molar refractivity (Wildman–Crippen MR) is 140 cm³/mol. The first-order chi connectivity index (χ1) is 16.6. The van der Waals surface area contributed by atoms with Gasteiger partial charge in [0.15, 0.2) is 0 Å². The zero-order valence-electron chi connectivity index (χ0n) is 20.4. The second-order valence-corrected chi connectivity index (χ2v) is 10.4. The molecule has 2 N–H and O–H groups in total. The predicted octanol–water partition coefficient (Wildman–Crippen LogP) is 5.97. The Hall–Kier alpha value is -3.31. The van der Waals surface area contributed by atoms with Crippen LogP contribution in [0, 0.1) is 0 Å². The number of hydrogen-bond donors (Lipinski definition) is 1. The van der Waals surface area contributed by atoms with Gasteiger partial charge in [0.25, 0.3) is 0 Å². The topological polar surface area (TPSA) is 72.6 Å². The van der Waals surface area contributed by atoms with Gasteiger partial charge in [-0.1, -0.05) is 80.9 Å². The largest absolute Gasteiger partial charge is 0.457 e. The number of ether oxygens (including phenoxy) is 1. The van der Waals surface area contributed by atoms with Crippen molar-refractivity contribution < 1.29 is 14.3 Å². The van der Waals surface area contributed by atoms with E-state index >= 15 is 0 Å². The normalized spacial score (nSPS) is 14.2. The number of aryl methyl sites for hydroxylation is 1. The zero-order chi connectivity index (χ0) is 25.2. The summed E-state index contributed by atoms with van der Waals surface area (Å²) >= 11 is 6.05. The molecule has 0 saturated carbocycles. The Morgan fingerprint density at radius 2 is 1.71 bits per heavy atom. The monoisotopic (exact) mass is 490 g/mol. The highest BCUT2D eigenvalue weighted by atomic mass is 35.5. The Morgan fingerprint density at radius 1 is 1.03 bits per heavy atom. The van der Waals surface area contributed by atoms with Crippen molar-refractivity contribution in [3.05, 3.63) is 99.6 Å². The molecule has 1 unspecified atom stereocenters. The molecule has 4 rings (SSSR count). The number of fused-ring (bicyclic) bond motifs is 1. The molecular weight excluding hydrogens is 460 g/mol. The lowest BCUT2D eigenvalue weighted by Crippen LogP contribution is -2.41. The lowest BCUT2D eigenvalue weighted by atomic mass is 9.87. The summed E-state index contributed by atoms with van der Waals surface area (Å²) in [6, 6.07) is 20.1. The Kier molecular flexibility index (Phi) is 7.18. The number of carbonyl (C=O) groups excluding carboxylic acids is 2. The van der Waals surface area contributed by atoms with Gasteiger partial charge in [0.05, 0.1) is 11.3 Å². The minimum atomic E-state index is -0.717. The molecule has 0 saturated heterocycles. The van der Waals surface area contributed by atoms with Crippen molar-refractivity contribution >= 4 is 29.2 Å². The molecule has 1 aliphatic heterocycles. The van der Waals surface area contributed by atoms with Crippen molar-refractivity contribution in [2.24, 2.45) is 5.73 Å². The van der Waals surface area contributed by atoms with Crippen LogP contribution >= 0.6 is 11.6 Å². The van der Waals surface area contributed by atoms with Crippen LogP contribution in [0.2, 0.25) is 5.02 Å². The van der Waals surface area contributed by atoms with Gasteiger partial charge in [-0.2, -0.15) is 0 Å². The molecule has 0 aromatic heterocycles. The number of nitrogens with two attached hydrogens (primary N) is 1. The molecule has 1 aliphatic rings. The number of benzene rings is 3. The number of amides is 1. The van der Waals surface area contributed by atoms with Crippen molar-refractivity contribution in [2.75, 3.05) is 11.4 Å². The number of anilines is 1. The number of para-hydroxylation sites is 1. The molecule has 35 heavy (non-hydrogen) atoms. The number of carbonyl (C=O) groups is 2. The van der Waals surface area contributed by atoms with Crippen LogP contribution < -0.4 is 10.6 Å². The molecule has 0 spiro atoms. The molecule has 182 valence electrons. The molecule has 0 radical (unpaired) electrons. The summed E-state index contributed by atoms with van der Waals surface area (Å²) in [6.07, 6.45) is 1.66. The molecule has 3 aromatic carbocycles. The number of rotatable bonds is 6. The minimum absolute atomic E-state index is 0.0584. The van der Waals surface area contributed by atoms with Gasteiger partial charge in [-0.25, -0.2) is 4.79 Å². The first kappa shape index (κ1) is 24.8. The van der Waals surface area contributed by atoms with Crippen LogP contribution in [-0.4, -0.2) is 18.4 Å². The Labute approximate surface area is 211 Å². The van der Waals surface area contributed by atoms with Crippen LogP contribution in [0.5, 0.6) is 0 Å². The van der Waals surface area contributed by atoms with E-state index in [0.29, 0.717) is 22.8 Å². The lowest BCUT2D eigenvalue weighted by Gasteiger charge is -2.37. The summed E-state index contributed by atoms with van der Waals surface area (Å²) in [7, 11) is 0. The van der Waals surface area contributed by atoms with Crippen LogP contribution in [0.3, 0.4) is 0 Å². The quantitative estimate of drug-likeness (QED) is 0.432. The molecule has 6 heteroatoms. The number of hydrogen-bond acceptors (Lipinski definition) is 4. The SMILES string of the molecule is CC(C)(C)c1ccc(COC(=O)c2cccc3c2N(C(C(N)=O)c2ccc(Cl)cc2)CCC3)cc1. The highest BCUT2D eigenvalue weighted by Gasteiger charge is 2.33. The van der Waals surface area contributed by atoms with Gasteiger partial charge in [0.1, 0.15) is 12.6 Å². The van der Waals surface area contributed by atoms with Crippen LogP contribution in [0.15, 0.2) is 66.7 Å². The second kappa shape index (κ2) is 10.1. The van der Waals surface area contributed by atoms with E-state index in [1.54, 1.807) is 30.3 Å². The Bertz CT molecular complexity index is 1210. The maximum Gasteiger partial charge on any atom is 0.340 e. The average molecular weight is 491 g/mol. The fourth-order valence-corrected chi connectivity index (χ4v) is 4.70. The standard InChI is InChI=1S/C29H31ClN2O3/c1-29(2,3)22-13-9-19(10-14-22)18-35-28(34)24-8-4-6-20-7-5-17-32(25(20)24)26(27(31)33)21-11-15-23(30)16-12-21/h4,6,8-16,26H,5,7,17-18H2,1-3H3,(H2,31,33). The lowest BCUT2D eigenvalue weighted by molar-refractivity contribution is -0.119. The third-order valence-corrected chi connectivity index (χ3v) is 6.68. The molecule has 3 aromatic rings. The first-order valence-corrected chi connectivity index (χ1v) is 12.2. The number of primary amides is 1. The van der Waals surface area contributed by atoms with Crippen LogP contribution in [0.4, 0.5) is 5.69 Å². The highest BCUT2D eigenvalue weighted by Crippen LogP contribution is 2.37. The van der Waals surface area contributed by atoms with Gasteiger partial charge < -0.3 is 15.4 Å². The van der Waals surface area contributed by atoms with Crippen LogP contribution in [0.1, 0.15) is 65.8 Å². The van der Waals surface area contributed by atoms with Crippen molar-refractivity contribution in [3.8, 4) is 0 Å². The van der Waals surface area contributed by atoms with Crippen molar-refractivity contribution in [2.45, 2.75) is 51.7 Å². The van der Waals surface area contributed by atoms with Crippen molar-refractivity contribution in [1.82, 2.24) is 0 Å². The van der Waals surface area contributed by atoms with E-state index in [0.717, 1.165) is 29.5 Å². The number of esters is 1. The fraction of sp³-hybridized carbons (Fsp3) is 0.310. The van der Waals surface area contributed by atoms with E-state index in [9.17, 15) is 9.59 Å². The van der Waals surface area contributed by atoms with E-state index in [2.05, 4.69) is 32.9 Å². The summed E-state index contributed by atoms with van der Waals surface area (Å²) in [5, 5.41) is 0.579. The molecule has 1 heterocycles. The van der Waals surface area contributed by atoms with Crippen LogP contribution in [0.25, 0.3) is 0 Å². The summed E-state index contributed by atoms with van der Waals surface area (Å²) < 4.78 is 5.72. The zero-order valence-corrected chi connectivity index (χ0v) is 21.1. The first-order valence-electron chi connectivity index (χ1n) is 11.8. The Balaban J connectivity index is 1.61. The van der Waals surface area contributed by atoms with Gasteiger partial charge in [0.2, 0.25) is 5.91 Å². The molecule has 0 aliphatic carbocycles. The van der Waals surface area contributed by atoms with Crippen molar-refractivity contribution in [1.29, 1.82) is 0 Å². The number of halogens is 1. The summed E-state index contributed by atoms with van der Waals surface area (Å²) in [4.78, 5) is 27.8.